The number of aldehydes is 1. The van der Waals surface area contributed by atoms with E-state index in [0.717, 1.165) is 35.8 Å². The second kappa shape index (κ2) is 9.86. The molecule has 3 aromatic rings. The highest BCUT2D eigenvalue weighted by Crippen LogP contribution is 2.35. The molecule has 1 fully saturated rings. The minimum Gasteiger partial charge on any atom is -0.507 e. The van der Waals surface area contributed by atoms with Crippen molar-refractivity contribution in [2.75, 3.05) is 6.54 Å². The highest BCUT2D eigenvalue weighted by Gasteiger charge is 2.19. The Morgan fingerprint density at radius 2 is 1.93 bits per heavy atom. The molecule has 0 bridgehead atoms. The number of benzene rings is 2. The number of nitrogens with one attached hydrogen (secondary N) is 1. The van der Waals surface area contributed by atoms with Crippen LogP contribution in [0.15, 0.2) is 54.7 Å². The fourth-order valence-electron chi connectivity index (χ4n) is 4.73. The van der Waals surface area contributed by atoms with Crippen molar-refractivity contribution in [2.45, 2.75) is 51.0 Å². The van der Waals surface area contributed by atoms with Gasteiger partial charge in [-0.2, -0.15) is 0 Å². The molecule has 30 heavy (non-hydrogen) atoms. The third-order valence-electron chi connectivity index (χ3n) is 6.46. The molecule has 1 heterocycles. The molecule has 1 aromatic heterocycles. The molecule has 1 saturated carbocycles. The van der Waals surface area contributed by atoms with Gasteiger partial charge in [-0.15, -0.1) is 0 Å². The van der Waals surface area contributed by atoms with Crippen LogP contribution in [0.25, 0.3) is 10.8 Å². The third kappa shape index (κ3) is 4.88. The Balaban J connectivity index is 1.40. The van der Waals surface area contributed by atoms with Gasteiger partial charge in [-0.3, -0.25) is 9.78 Å². The maximum atomic E-state index is 11.4. The zero-order valence-electron chi connectivity index (χ0n) is 17.4. The molecular weight excluding hydrogens is 372 g/mol. The molecule has 0 radical (unpaired) electrons. The van der Waals surface area contributed by atoms with E-state index in [2.05, 4.69) is 28.5 Å². The van der Waals surface area contributed by atoms with Gasteiger partial charge < -0.3 is 10.4 Å². The van der Waals surface area contributed by atoms with E-state index in [1.807, 2.05) is 30.5 Å². The van der Waals surface area contributed by atoms with Gasteiger partial charge in [0.1, 0.15) is 5.75 Å². The van der Waals surface area contributed by atoms with Crippen LogP contribution in [0, 0.1) is 5.92 Å². The van der Waals surface area contributed by atoms with Crippen LogP contribution in [-0.2, 0) is 6.54 Å². The van der Waals surface area contributed by atoms with E-state index in [9.17, 15) is 9.90 Å². The van der Waals surface area contributed by atoms with Crippen molar-refractivity contribution in [3.8, 4) is 5.75 Å². The maximum absolute atomic E-state index is 11.4. The molecule has 4 nitrogen and oxygen atoms in total. The van der Waals surface area contributed by atoms with Gasteiger partial charge >= 0.3 is 0 Å². The summed E-state index contributed by atoms with van der Waals surface area (Å²) < 4.78 is 0. The molecular formula is C26H30N2O2. The first-order valence-corrected chi connectivity index (χ1v) is 11.1. The van der Waals surface area contributed by atoms with E-state index < -0.39 is 0 Å². The molecule has 4 heteroatoms. The molecule has 2 unspecified atom stereocenters. The molecule has 0 saturated heterocycles. The van der Waals surface area contributed by atoms with Gasteiger partial charge in [0.05, 0.1) is 11.3 Å². The van der Waals surface area contributed by atoms with Crippen LogP contribution in [0.2, 0.25) is 0 Å². The van der Waals surface area contributed by atoms with Crippen molar-refractivity contribution < 1.29 is 9.90 Å². The molecule has 0 spiro atoms. The molecule has 2 N–H and O–H groups in total. The van der Waals surface area contributed by atoms with Crippen molar-refractivity contribution in [3.63, 3.8) is 0 Å². The SMILES string of the molecule is O=Cc1c(O)ccc2cc(C3CCCCC(CNCc4ccccn4)CC3)ccc12. The van der Waals surface area contributed by atoms with Crippen LogP contribution < -0.4 is 5.32 Å². The lowest BCUT2D eigenvalue weighted by molar-refractivity contribution is 0.112. The van der Waals surface area contributed by atoms with Crippen molar-refractivity contribution in [1.82, 2.24) is 10.3 Å². The first-order valence-electron chi connectivity index (χ1n) is 11.1. The number of aromatic nitrogens is 1. The number of phenols is 1. The summed E-state index contributed by atoms with van der Waals surface area (Å²) in [5.74, 6) is 1.31. The second-order valence-electron chi connectivity index (χ2n) is 8.47. The minimum atomic E-state index is 0.0530. The van der Waals surface area contributed by atoms with E-state index in [1.54, 1.807) is 6.07 Å². The molecule has 2 aromatic carbocycles. The molecule has 4 rings (SSSR count). The topological polar surface area (TPSA) is 62.2 Å². The highest BCUT2D eigenvalue weighted by atomic mass is 16.3. The normalized spacial score (nSPS) is 19.9. The average molecular weight is 403 g/mol. The van der Waals surface area contributed by atoms with Crippen molar-refractivity contribution in [2.24, 2.45) is 5.92 Å². The first kappa shape index (κ1) is 20.5. The number of pyridine rings is 1. The summed E-state index contributed by atoms with van der Waals surface area (Å²) in [4.78, 5) is 15.7. The van der Waals surface area contributed by atoms with E-state index in [4.69, 9.17) is 0 Å². The number of carbonyl (C=O) groups excluding carboxylic acids is 1. The van der Waals surface area contributed by atoms with Gasteiger partial charge in [-0.1, -0.05) is 43.2 Å². The zero-order valence-corrected chi connectivity index (χ0v) is 17.4. The van der Waals surface area contributed by atoms with Crippen LogP contribution in [0.3, 0.4) is 0 Å². The Kier molecular flexibility index (Phi) is 6.75. The number of rotatable bonds is 6. The zero-order chi connectivity index (χ0) is 20.8. The predicted molar refractivity (Wildman–Crippen MR) is 121 cm³/mol. The van der Waals surface area contributed by atoms with Crippen LogP contribution >= 0.6 is 0 Å². The monoisotopic (exact) mass is 402 g/mol. The molecule has 1 aliphatic rings. The summed E-state index contributed by atoms with van der Waals surface area (Å²) in [7, 11) is 0. The Bertz CT molecular complexity index is 987. The van der Waals surface area contributed by atoms with E-state index >= 15 is 0 Å². The molecule has 0 aliphatic heterocycles. The molecule has 2 atom stereocenters. The quantitative estimate of drug-likeness (QED) is 0.527. The first-order chi connectivity index (χ1) is 14.7. The Morgan fingerprint density at radius 1 is 1.03 bits per heavy atom. The molecule has 0 amide bonds. The number of hydrogen-bond acceptors (Lipinski definition) is 4. The van der Waals surface area contributed by atoms with Crippen molar-refractivity contribution in [1.29, 1.82) is 0 Å². The molecule has 1 aliphatic carbocycles. The van der Waals surface area contributed by atoms with Crippen LogP contribution in [0.1, 0.15) is 66.1 Å². The van der Waals surface area contributed by atoms with Gasteiger partial charge in [-0.25, -0.2) is 0 Å². The van der Waals surface area contributed by atoms with Crippen molar-refractivity contribution in [3.05, 3.63) is 71.5 Å². The fraction of sp³-hybridized carbons (Fsp3) is 0.385. The van der Waals surface area contributed by atoms with E-state index in [0.29, 0.717) is 17.4 Å². The van der Waals surface area contributed by atoms with E-state index in [1.165, 1.54) is 44.1 Å². The summed E-state index contributed by atoms with van der Waals surface area (Å²) in [6.45, 7) is 1.88. The fourth-order valence-corrected chi connectivity index (χ4v) is 4.73. The summed E-state index contributed by atoms with van der Waals surface area (Å²) >= 11 is 0. The van der Waals surface area contributed by atoms with Gasteiger partial charge in [0.25, 0.3) is 0 Å². The lowest BCUT2D eigenvalue weighted by Crippen LogP contribution is -2.24. The lowest BCUT2D eigenvalue weighted by Gasteiger charge is -2.26. The van der Waals surface area contributed by atoms with Gasteiger partial charge in [-0.05, 0) is 78.6 Å². The summed E-state index contributed by atoms with van der Waals surface area (Å²) in [5, 5.41) is 15.4. The second-order valence-corrected chi connectivity index (χ2v) is 8.47. The number of phenolic OH excluding ortho intramolecular Hbond substituents is 1. The van der Waals surface area contributed by atoms with Crippen LogP contribution in [-0.4, -0.2) is 22.9 Å². The van der Waals surface area contributed by atoms with Gasteiger partial charge in [0.15, 0.2) is 6.29 Å². The number of fused-ring (bicyclic) bond motifs is 1. The number of hydrogen-bond donors (Lipinski definition) is 2. The summed E-state index contributed by atoms with van der Waals surface area (Å²) in [5.41, 5.74) is 2.83. The van der Waals surface area contributed by atoms with Crippen LogP contribution in [0.5, 0.6) is 5.75 Å². The summed E-state index contributed by atoms with van der Waals surface area (Å²) in [6, 6.07) is 15.9. The standard InChI is InChI=1S/C26H30N2O2/c29-18-25-24-12-10-21(15-22(24)11-13-26(25)30)20-6-2-1-5-19(8-9-20)16-27-17-23-7-3-4-14-28-23/h3-4,7,10-15,18-20,27,30H,1-2,5-6,8-9,16-17H2. The largest absolute Gasteiger partial charge is 0.507 e. The predicted octanol–water partition coefficient (Wildman–Crippen LogP) is 5.60. The Morgan fingerprint density at radius 3 is 2.77 bits per heavy atom. The highest BCUT2D eigenvalue weighted by molar-refractivity contribution is 6.00. The number of carbonyl (C=O) groups is 1. The van der Waals surface area contributed by atoms with Crippen molar-refractivity contribution >= 4 is 17.1 Å². The molecule has 156 valence electrons. The lowest BCUT2D eigenvalue weighted by atomic mass is 9.81. The number of nitrogens with zero attached hydrogens (tertiary/aromatic N) is 1. The smallest absolute Gasteiger partial charge is 0.154 e. The Hall–Kier alpha value is -2.72. The van der Waals surface area contributed by atoms with Crippen LogP contribution in [0.4, 0.5) is 0 Å². The van der Waals surface area contributed by atoms with Gasteiger partial charge in [0.2, 0.25) is 0 Å². The summed E-state index contributed by atoms with van der Waals surface area (Å²) in [6.07, 6.45) is 10.1. The average Bonchev–Trinajstić information content (AvgIpc) is 2.76. The van der Waals surface area contributed by atoms with E-state index in [-0.39, 0.29) is 5.75 Å². The maximum Gasteiger partial charge on any atom is 0.154 e. The Labute approximate surface area is 178 Å². The third-order valence-corrected chi connectivity index (χ3v) is 6.46. The van der Waals surface area contributed by atoms with Gasteiger partial charge in [0, 0.05) is 12.7 Å². The minimum absolute atomic E-state index is 0.0530. The number of aromatic hydroxyl groups is 1.